The van der Waals surface area contributed by atoms with Crippen molar-refractivity contribution in [1.29, 1.82) is 0 Å². The fourth-order valence-corrected chi connectivity index (χ4v) is 7.03. The Balaban J connectivity index is 1.22. The molecule has 4 bridgehead atoms. The molecule has 0 aliphatic heterocycles. The highest BCUT2D eigenvalue weighted by Gasteiger charge is 2.51. The molecule has 154 valence electrons. The van der Waals surface area contributed by atoms with Crippen LogP contribution in [0.15, 0.2) is 48.8 Å². The minimum absolute atomic E-state index is 0.187. The zero-order chi connectivity index (χ0) is 20.3. The van der Waals surface area contributed by atoms with Gasteiger partial charge in [-0.1, -0.05) is 18.2 Å². The second kappa shape index (κ2) is 6.69. The number of benzene rings is 1. The molecule has 4 saturated carbocycles. The van der Waals surface area contributed by atoms with Gasteiger partial charge in [-0.3, -0.25) is 4.79 Å². The summed E-state index contributed by atoms with van der Waals surface area (Å²) in [4.78, 5) is 17.8. The number of carbonyl (C=O) groups is 1. The molecule has 1 amide bonds. The maximum Gasteiger partial charge on any atom is 0.224 e. The summed E-state index contributed by atoms with van der Waals surface area (Å²) in [6, 6.07) is 12.3. The minimum atomic E-state index is 0.187. The van der Waals surface area contributed by atoms with E-state index in [9.17, 15) is 4.79 Å². The second-order valence-electron chi connectivity index (χ2n) is 10.3. The topological polar surface area (TPSA) is 46.4 Å². The van der Waals surface area contributed by atoms with Gasteiger partial charge < -0.3 is 9.72 Å². The number of imidazole rings is 1. The first kappa shape index (κ1) is 18.2. The largest absolute Gasteiger partial charge is 0.326 e. The molecule has 1 aromatic carbocycles. The number of aromatic nitrogens is 2. The number of fused-ring (bicyclic) bond motifs is 1. The van der Waals surface area contributed by atoms with Crippen LogP contribution in [0.4, 0.5) is 5.69 Å². The molecule has 0 atom stereocenters. The van der Waals surface area contributed by atoms with Gasteiger partial charge in [-0.15, -0.1) is 0 Å². The Morgan fingerprint density at radius 2 is 1.83 bits per heavy atom. The van der Waals surface area contributed by atoms with E-state index in [1.54, 1.807) is 0 Å². The van der Waals surface area contributed by atoms with Crippen LogP contribution < -0.4 is 5.32 Å². The Kier molecular flexibility index (Phi) is 4.06. The van der Waals surface area contributed by atoms with Crippen molar-refractivity contribution in [2.45, 2.75) is 51.9 Å². The van der Waals surface area contributed by atoms with Crippen LogP contribution in [-0.2, 0) is 4.79 Å². The van der Waals surface area contributed by atoms with Crippen LogP contribution in [0.25, 0.3) is 16.9 Å². The molecule has 7 rings (SSSR count). The number of pyridine rings is 1. The molecule has 0 unspecified atom stereocenters. The lowest BCUT2D eigenvalue weighted by atomic mass is 9.49. The number of aryl methyl sites for hydroxylation is 1. The zero-order valence-electron chi connectivity index (χ0n) is 17.6. The fourth-order valence-electron chi connectivity index (χ4n) is 7.03. The number of carbonyl (C=O) groups excluding carboxylic acids is 1. The van der Waals surface area contributed by atoms with E-state index >= 15 is 0 Å². The van der Waals surface area contributed by atoms with Gasteiger partial charge in [-0.25, -0.2) is 4.98 Å². The van der Waals surface area contributed by atoms with Crippen LogP contribution in [0.1, 0.15) is 50.5 Å². The van der Waals surface area contributed by atoms with E-state index in [2.05, 4.69) is 30.4 Å². The van der Waals surface area contributed by atoms with Gasteiger partial charge in [0.1, 0.15) is 5.65 Å². The van der Waals surface area contributed by atoms with E-state index in [1.165, 1.54) is 38.5 Å². The summed E-state index contributed by atoms with van der Waals surface area (Å²) in [6.45, 7) is 2.06. The van der Waals surface area contributed by atoms with Gasteiger partial charge in [0.2, 0.25) is 5.91 Å². The number of nitrogens with one attached hydrogen (secondary N) is 1. The lowest BCUT2D eigenvalue weighted by Crippen LogP contribution is -2.47. The fraction of sp³-hybridized carbons (Fsp3) is 0.462. The van der Waals surface area contributed by atoms with Crippen molar-refractivity contribution >= 4 is 17.2 Å². The standard InChI is InChI=1S/C26H29N3O/c1-17-5-6-21(23-16-29-7-3-2-4-24(29)27-23)11-22(17)28-25(30)15-26-12-18-8-19(13-26)10-20(9-18)14-26/h2-7,11,16,18-20H,8-10,12-15H2,1H3,(H,28,30). The summed E-state index contributed by atoms with van der Waals surface area (Å²) >= 11 is 0. The Labute approximate surface area is 177 Å². The molecule has 2 heterocycles. The van der Waals surface area contributed by atoms with Crippen LogP contribution in [-0.4, -0.2) is 15.3 Å². The summed E-state index contributed by atoms with van der Waals surface area (Å²) < 4.78 is 2.03. The second-order valence-corrected chi connectivity index (χ2v) is 10.3. The normalized spacial score (nSPS) is 29.4. The molecule has 4 heteroatoms. The molecular formula is C26H29N3O. The number of hydrogen-bond donors (Lipinski definition) is 1. The molecule has 4 nitrogen and oxygen atoms in total. The van der Waals surface area contributed by atoms with Crippen LogP contribution in [0, 0.1) is 30.1 Å². The van der Waals surface area contributed by atoms with Crippen molar-refractivity contribution in [1.82, 2.24) is 9.38 Å². The van der Waals surface area contributed by atoms with Gasteiger partial charge in [-0.05, 0) is 92.4 Å². The van der Waals surface area contributed by atoms with Crippen molar-refractivity contribution in [3.8, 4) is 11.3 Å². The molecule has 4 aliphatic carbocycles. The Morgan fingerprint density at radius 1 is 1.10 bits per heavy atom. The van der Waals surface area contributed by atoms with E-state index in [0.29, 0.717) is 6.42 Å². The smallest absolute Gasteiger partial charge is 0.224 e. The number of anilines is 1. The average Bonchev–Trinajstić information content (AvgIpc) is 3.12. The van der Waals surface area contributed by atoms with Crippen molar-refractivity contribution < 1.29 is 4.79 Å². The molecule has 4 fully saturated rings. The summed E-state index contributed by atoms with van der Waals surface area (Å²) in [5.41, 5.74) is 5.18. The number of amides is 1. The monoisotopic (exact) mass is 399 g/mol. The van der Waals surface area contributed by atoms with Gasteiger partial charge >= 0.3 is 0 Å². The highest BCUT2D eigenvalue weighted by atomic mass is 16.1. The first-order valence-corrected chi connectivity index (χ1v) is 11.4. The van der Waals surface area contributed by atoms with Gasteiger partial charge in [-0.2, -0.15) is 0 Å². The van der Waals surface area contributed by atoms with Gasteiger partial charge in [0.25, 0.3) is 0 Å². The molecular weight excluding hydrogens is 370 g/mol. The zero-order valence-corrected chi connectivity index (χ0v) is 17.6. The average molecular weight is 400 g/mol. The molecule has 2 aromatic heterocycles. The predicted molar refractivity (Wildman–Crippen MR) is 119 cm³/mol. The number of hydrogen-bond acceptors (Lipinski definition) is 2. The number of rotatable bonds is 4. The van der Waals surface area contributed by atoms with E-state index in [0.717, 1.165) is 45.9 Å². The highest BCUT2D eigenvalue weighted by Crippen LogP contribution is 2.61. The Hall–Kier alpha value is -2.62. The third-order valence-electron chi connectivity index (χ3n) is 7.87. The molecule has 0 spiro atoms. The quantitative estimate of drug-likeness (QED) is 0.598. The van der Waals surface area contributed by atoms with E-state index < -0.39 is 0 Å². The molecule has 0 radical (unpaired) electrons. The molecule has 30 heavy (non-hydrogen) atoms. The summed E-state index contributed by atoms with van der Waals surface area (Å²) in [5.74, 6) is 2.82. The van der Waals surface area contributed by atoms with Crippen LogP contribution in [0.2, 0.25) is 0 Å². The lowest BCUT2D eigenvalue weighted by Gasteiger charge is -2.56. The molecule has 0 saturated heterocycles. The van der Waals surface area contributed by atoms with Crippen molar-refractivity contribution in [3.63, 3.8) is 0 Å². The predicted octanol–water partition coefficient (Wildman–Crippen LogP) is 5.85. The molecule has 1 N–H and O–H groups in total. The van der Waals surface area contributed by atoms with Crippen molar-refractivity contribution in [2.24, 2.45) is 23.2 Å². The maximum absolute atomic E-state index is 13.1. The summed E-state index contributed by atoms with van der Waals surface area (Å²) in [5, 5.41) is 3.26. The minimum Gasteiger partial charge on any atom is -0.326 e. The van der Waals surface area contributed by atoms with E-state index in [4.69, 9.17) is 4.98 Å². The van der Waals surface area contributed by atoms with Crippen molar-refractivity contribution in [3.05, 3.63) is 54.4 Å². The van der Waals surface area contributed by atoms with Crippen LogP contribution in [0.3, 0.4) is 0 Å². The summed E-state index contributed by atoms with van der Waals surface area (Å²) in [7, 11) is 0. The van der Waals surface area contributed by atoms with Crippen LogP contribution in [0.5, 0.6) is 0 Å². The van der Waals surface area contributed by atoms with Crippen molar-refractivity contribution in [2.75, 3.05) is 5.32 Å². The van der Waals surface area contributed by atoms with Gasteiger partial charge in [0.05, 0.1) is 5.69 Å². The first-order chi connectivity index (χ1) is 14.6. The summed E-state index contributed by atoms with van der Waals surface area (Å²) in [6.07, 6.45) is 12.8. The number of nitrogens with zero attached hydrogens (tertiary/aromatic N) is 2. The third-order valence-corrected chi connectivity index (χ3v) is 7.87. The van der Waals surface area contributed by atoms with E-state index in [-0.39, 0.29) is 11.3 Å². The van der Waals surface area contributed by atoms with Gasteiger partial charge in [0.15, 0.2) is 0 Å². The lowest BCUT2D eigenvalue weighted by molar-refractivity contribution is -0.124. The Morgan fingerprint density at radius 3 is 2.53 bits per heavy atom. The highest BCUT2D eigenvalue weighted by molar-refractivity contribution is 5.92. The third kappa shape index (κ3) is 3.13. The SMILES string of the molecule is Cc1ccc(-c2cn3ccccc3n2)cc1NC(=O)CC12CC3CC(CC(C3)C1)C2. The maximum atomic E-state index is 13.1. The molecule has 4 aliphatic rings. The Bertz CT molecular complexity index is 1060. The molecule has 3 aromatic rings. The van der Waals surface area contributed by atoms with E-state index in [1.807, 2.05) is 35.0 Å². The van der Waals surface area contributed by atoms with Gasteiger partial charge in [0, 0.05) is 30.1 Å². The first-order valence-electron chi connectivity index (χ1n) is 11.4. The van der Waals surface area contributed by atoms with Crippen LogP contribution >= 0.6 is 0 Å².